The van der Waals surface area contributed by atoms with Crippen LogP contribution in [0.2, 0.25) is 0 Å². The van der Waals surface area contributed by atoms with Crippen LogP contribution in [0.15, 0.2) is 48.5 Å². The monoisotopic (exact) mass is 358 g/mol. The van der Waals surface area contributed by atoms with E-state index in [1.807, 2.05) is 13.8 Å². The minimum Gasteiger partial charge on any atom is -0.481 e. The average Bonchev–Trinajstić information content (AvgIpc) is 2.63. The van der Waals surface area contributed by atoms with Crippen molar-refractivity contribution < 1.29 is 18.7 Å². The van der Waals surface area contributed by atoms with Crippen LogP contribution in [0.5, 0.6) is 5.75 Å². The number of benzene rings is 2. The second kappa shape index (κ2) is 8.99. The van der Waals surface area contributed by atoms with E-state index in [1.54, 1.807) is 31.2 Å². The number of ether oxygens (including phenoxy) is 1. The van der Waals surface area contributed by atoms with Crippen LogP contribution in [0.3, 0.4) is 0 Å². The number of amides is 2. The fourth-order valence-corrected chi connectivity index (χ4v) is 2.20. The number of nitrogens with one attached hydrogen (secondary N) is 2. The predicted octanol–water partition coefficient (Wildman–Crippen LogP) is 3.76. The molecule has 6 heteroatoms. The summed E-state index contributed by atoms with van der Waals surface area (Å²) in [6.45, 7) is 5.48. The molecule has 0 spiro atoms. The van der Waals surface area contributed by atoms with Crippen molar-refractivity contribution in [2.24, 2.45) is 0 Å². The Labute approximate surface area is 152 Å². The summed E-state index contributed by atoms with van der Waals surface area (Å²) in [5.74, 6) is -0.645. The summed E-state index contributed by atoms with van der Waals surface area (Å²) in [6.07, 6.45) is -0.00541. The highest BCUT2D eigenvalue weighted by atomic mass is 19.1. The second-order valence-electron chi connectivity index (χ2n) is 6.03. The van der Waals surface area contributed by atoms with E-state index in [2.05, 4.69) is 10.6 Å². The number of hydrogen-bond acceptors (Lipinski definition) is 3. The van der Waals surface area contributed by atoms with Crippen molar-refractivity contribution in [3.8, 4) is 5.75 Å². The molecule has 0 unspecified atom stereocenters. The van der Waals surface area contributed by atoms with E-state index in [0.29, 0.717) is 17.0 Å². The van der Waals surface area contributed by atoms with E-state index in [9.17, 15) is 14.0 Å². The summed E-state index contributed by atoms with van der Waals surface area (Å²) in [7, 11) is 0. The Bertz CT molecular complexity index is 762. The van der Waals surface area contributed by atoms with Gasteiger partial charge in [0.1, 0.15) is 11.6 Å². The third-order valence-electron chi connectivity index (χ3n) is 3.92. The molecule has 5 nitrogen and oxygen atoms in total. The molecule has 2 rings (SSSR count). The molecular formula is C20H23FN2O3. The lowest BCUT2D eigenvalue weighted by atomic mass is 10.1. The van der Waals surface area contributed by atoms with Gasteiger partial charge in [0.2, 0.25) is 0 Å². The van der Waals surface area contributed by atoms with Gasteiger partial charge in [-0.15, -0.1) is 0 Å². The van der Waals surface area contributed by atoms with Crippen molar-refractivity contribution >= 4 is 17.5 Å². The molecule has 0 saturated carbocycles. The Morgan fingerprint density at radius 2 is 1.73 bits per heavy atom. The van der Waals surface area contributed by atoms with E-state index in [1.165, 1.54) is 24.3 Å². The zero-order chi connectivity index (χ0) is 19.1. The number of para-hydroxylation sites is 1. The minimum atomic E-state index is -0.814. The lowest BCUT2D eigenvalue weighted by Crippen LogP contribution is -2.34. The average molecular weight is 358 g/mol. The molecule has 2 aromatic carbocycles. The standard InChI is InChI=1S/C20H23FN2O3/c1-4-13(2)22-20(25)17-7-5-6-8-18(17)23-19(24)14(3)26-16-11-9-15(21)10-12-16/h5-14H,4H2,1-3H3,(H,22,25)(H,23,24)/t13-,14-/m0/s1. The summed E-state index contributed by atoms with van der Waals surface area (Å²) in [5, 5.41) is 5.59. The lowest BCUT2D eigenvalue weighted by molar-refractivity contribution is -0.122. The molecule has 26 heavy (non-hydrogen) atoms. The SMILES string of the molecule is CC[C@H](C)NC(=O)c1ccccc1NC(=O)[C@H](C)Oc1ccc(F)cc1. The van der Waals surface area contributed by atoms with Gasteiger partial charge in [-0.2, -0.15) is 0 Å². The largest absolute Gasteiger partial charge is 0.481 e. The Kier molecular flexibility index (Phi) is 6.72. The van der Waals surface area contributed by atoms with Crippen LogP contribution in [0.1, 0.15) is 37.6 Å². The maximum absolute atomic E-state index is 12.9. The third kappa shape index (κ3) is 5.31. The van der Waals surface area contributed by atoms with Gasteiger partial charge >= 0.3 is 0 Å². The van der Waals surface area contributed by atoms with E-state index in [4.69, 9.17) is 4.74 Å². The highest BCUT2D eigenvalue weighted by Gasteiger charge is 2.19. The summed E-state index contributed by atoms with van der Waals surface area (Å²) >= 11 is 0. The fraction of sp³-hybridized carbons (Fsp3) is 0.300. The summed E-state index contributed by atoms with van der Waals surface area (Å²) < 4.78 is 18.4. The third-order valence-corrected chi connectivity index (χ3v) is 3.92. The van der Waals surface area contributed by atoms with Gasteiger partial charge in [-0.1, -0.05) is 19.1 Å². The molecule has 0 aliphatic rings. The predicted molar refractivity (Wildman–Crippen MR) is 98.8 cm³/mol. The van der Waals surface area contributed by atoms with Crippen molar-refractivity contribution in [2.75, 3.05) is 5.32 Å². The van der Waals surface area contributed by atoms with Crippen molar-refractivity contribution in [3.05, 3.63) is 59.9 Å². The molecule has 0 aliphatic heterocycles. The van der Waals surface area contributed by atoms with Crippen molar-refractivity contribution in [2.45, 2.75) is 39.3 Å². The molecule has 0 heterocycles. The van der Waals surface area contributed by atoms with Gasteiger partial charge in [-0.05, 0) is 56.7 Å². The van der Waals surface area contributed by atoms with Gasteiger partial charge < -0.3 is 15.4 Å². The normalized spacial score (nSPS) is 12.8. The van der Waals surface area contributed by atoms with Crippen molar-refractivity contribution in [1.82, 2.24) is 5.32 Å². The number of hydrogen-bond donors (Lipinski definition) is 2. The van der Waals surface area contributed by atoms with Gasteiger partial charge in [0.15, 0.2) is 6.10 Å². The van der Waals surface area contributed by atoms with Crippen LogP contribution in [-0.4, -0.2) is 24.0 Å². The maximum Gasteiger partial charge on any atom is 0.265 e. The van der Waals surface area contributed by atoms with Crippen LogP contribution in [0, 0.1) is 5.82 Å². The van der Waals surface area contributed by atoms with E-state index in [-0.39, 0.29) is 17.8 Å². The molecule has 0 aromatic heterocycles. The van der Waals surface area contributed by atoms with Crippen molar-refractivity contribution in [3.63, 3.8) is 0 Å². The first kappa shape index (κ1) is 19.4. The van der Waals surface area contributed by atoms with Crippen LogP contribution in [0.4, 0.5) is 10.1 Å². The summed E-state index contributed by atoms with van der Waals surface area (Å²) in [5.41, 5.74) is 0.794. The van der Waals surface area contributed by atoms with Crippen LogP contribution in [0.25, 0.3) is 0 Å². The number of carbonyl (C=O) groups is 2. The summed E-state index contributed by atoms with van der Waals surface area (Å²) in [6, 6.07) is 12.2. The molecule has 0 bridgehead atoms. The topological polar surface area (TPSA) is 67.4 Å². The molecule has 2 amide bonds. The van der Waals surface area contributed by atoms with E-state index >= 15 is 0 Å². The molecule has 0 radical (unpaired) electrons. The van der Waals surface area contributed by atoms with Gasteiger partial charge in [-0.25, -0.2) is 4.39 Å². The minimum absolute atomic E-state index is 0.0343. The maximum atomic E-state index is 12.9. The fourth-order valence-electron chi connectivity index (χ4n) is 2.20. The zero-order valence-corrected chi connectivity index (χ0v) is 15.1. The highest BCUT2D eigenvalue weighted by Crippen LogP contribution is 2.17. The molecule has 138 valence electrons. The summed E-state index contributed by atoms with van der Waals surface area (Å²) in [4.78, 5) is 24.8. The first-order valence-corrected chi connectivity index (χ1v) is 8.53. The highest BCUT2D eigenvalue weighted by molar-refractivity contribution is 6.04. The van der Waals surface area contributed by atoms with Gasteiger partial charge in [0.05, 0.1) is 11.3 Å². The number of rotatable bonds is 7. The van der Waals surface area contributed by atoms with Crippen LogP contribution >= 0.6 is 0 Å². The molecule has 2 atom stereocenters. The molecule has 2 N–H and O–H groups in total. The Hall–Kier alpha value is -2.89. The van der Waals surface area contributed by atoms with Crippen molar-refractivity contribution in [1.29, 1.82) is 0 Å². The van der Waals surface area contributed by atoms with E-state index < -0.39 is 12.0 Å². The second-order valence-corrected chi connectivity index (χ2v) is 6.03. The Morgan fingerprint density at radius 1 is 1.08 bits per heavy atom. The molecule has 0 fully saturated rings. The molecule has 0 aliphatic carbocycles. The molecular weight excluding hydrogens is 335 g/mol. The number of halogens is 1. The first-order valence-electron chi connectivity index (χ1n) is 8.53. The number of carbonyl (C=O) groups excluding carboxylic acids is 2. The zero-order valence-electron chi connectivity index (χ0n) is 15.1. The quantitative estimate of drug-likeness (QED) is 0.792. The van der Waals surface area contributed by atoms with Gasteiger partial charge in [0, 0.05) is 6.04 Å². The van der Waals surface area contributed by atoms with Crippen LogP contribution < -0.4 is 15.4 Å². The van der Waals surface area contributed by atoms with Gasteiger partial charge in [-0.3, -0.25) is 9.59 Å². The van der Waals surface area contributed by atoms with Crippen LogP contribution in [-0.2, 0) is 4.79 Å². The van der Waals surface area contributed by atoms with E-state index in [0.717, 1.165) is 6.42 Å². The Morgan fingerprint density at radius 3 is 2.38 bits per heavy atom. The first-order chi connectivity index (χ1) is 12.4. The number of anilines is 1. The Balaban J connectivity index is 2.06. The molecule has 0 saturated heterocycles. The van der Waals surface area contributed by atoms with Gasteiger partial charge in [0.25, 0.3) is 11.8 Å². The molecule has 2 aromatic rings. The lowest BCUT2D eigenvalue weighted by Gasteiger charge is -2.17. The smallest absolute Gasteiger partial charge is 0.265 e.